The molecule has 2 fully saturated rings. The highest BCUT2D eigenvalue weighted by atomic mass is 14.9. The molecule has 78 valence electrons. The lowest BCUT2D eigenvalue weighted by atomic mass is 9.84. The van der Waals surface area contributed by atoms with Crippen molar-refractivity contribution < 1.29 is 0 Å². The Bertz CT molecular complexity index is 296. The zero-order valence-corrected chi connectivity index (χ0v) is 9.72. The second-order valence-corrected chi connectivity index (χ2v) is 4.96. The Balaban J connectivity index is 0.000000354. The van der Waals surface area contributed by atoms with Crippen molar-refractivity contribution in [3.63, 3.8) is 0 Å². The van der Waals surface area contributed by atoms with Crippen LogP contribution in [0.4, 0.5) is 0 Å². The van der Waals surface area contributed by atoms with Gasteiger partial charge in [-0.3, -0.25) is 0 Å². The van der Waals surface area contributed by atoms with Gasteiger partial charge in [-0.2, -0.15) is 0 Å². The van der Waals surface area contributed by atoms with Crippen molar-refractivity contribution in [3.05, 3.63) is 23.4 Å². The van der Waals surface area contributed by atoms with E-state index in [1.54, 1.807) is 5.57 Å². The normalized spacial score (nSPS) is 35.1. The van der Waals surface area contributed by atoms with E-state index in [-0.39, 0.29) is 0 Å². The molecule has 14 heavy (non-hydrogen) atoms. The molecular formula is C13H21N. The molecule has 0 spiro atoms. The summed E-state index contributed by atoms with van der Waals surface area (Å²) in [6, 6.07) is 0. The van der Waals surface area contributed by atoms with Gasteiger partial charge in [-0.15, -0.1) is 0 Å². The van der Waals surface area contributed by atoms with Gasteiger partial charge in [0.25, 0.3) is 0 Å². The summed E-state index contributed by atoms with van der Waals surface area (Å²) in [4.78, 5) is 0. The van der Waals surface area contributed by atoms with Crippen molar-refractivity contribution in [2.24, 2.45) is 17.3 Å². The van der Waals surface area contributed by atoms with Gasteiger partial charge in [-0.25, -0.2) is 0 Å². The van der Waals surface area contributed by atoms with E-state index in [2.05, 4.69) is 31.3 Å². The highest BCUT2D eigenvalue weighted by Crippen LogP contribution is 2.50. The Morgan fingerprint density at radius 2 is 1.86 bits per heavy atom. The van der Waals surface area contributed by atoms with Crippen LogP contribution in [0.5, 0.6) is 0 Å². The number of hydrogen-bond acceptors (Lipinski definition) is 1. The van der Waals surface area contributed by atoms with Gasteiger partial charge >= 0.3 is 0 Å². The first kappa shape index (κ1) is 9.82. The smallest absolute Gasteiger partial charge is 0.0338 e. The molecule has 3 rings (SSSR count). The van der Waals surface area contributed by atoms with Gasteiger partial charge in [0, 0.05) is 17.7 Å². The van der Waals surface area contributed by atoms with E-state index in [1.807, 2.05) is 13.8 Å². The lowest BCUT2D eigenvalue weighted by Crippen LogP contribution is -2.16. The molecule has 1 heterocycles. The zero-order chi connectivity index (χ0) is 10.3. The maximum Gasteiger partial charge on any atom is 0.0338 e. The highest BCUT2D eigenvalue weighted by molar-refractivity contribution is 5.45. The first-order chi connectivity index (χ1) is 6.67. The minimum atomic E-state index is 0.374. The first-order valence-corrected chi connectivity index (χ1v) is 5.85. The van der Waals surface area contributed by atoms with Crippen LogP contribution < -0.4 is 5.32 Å². The number of nitrogens with one attached hydrogen (secondary N) is 1. The molecule has 2 unspecified atom stereocenters. The lowest BCUT2D eigenvalue weighted by Gasteiger charge is -2.19. The van der Waals surface area contributed by atoms with Crippen LogP contribution in [-0.4, -0.2) is 6.54 Å². The molecule has 0 aromatic heterocycles. The zero-order valence-electron chi connectivity index (χ0n) is 9.72. The predicted molar refractivity (Wildman–Crippen MR) is 60.9 cm³/mol. The first-order valence-electron chi connectivity index (χ1n) is 5.85. The fourth-order valence-corrected chi connectivity index (χ4v) is 2.38. The van der Waals surface area contributed by atoms with E-state index in [4.69, 9.17) is 0 Å². The molecule has 0 radical (unpaired) electrons. The topological polar surface area (TPSA) is 12.0 Å². The van der Waals surface area contributed by atoms with Crippen LogP contribution in [0.3, 0.4) is 0 Å². The minimum absolute atomic E-state index is 0.374. The molecule has 0 amide bonds. The van der Waals surface area contributed by atoms with E-state index < -0.39 is 0 Å². The van der Waals surface area contributed by atoms with Crippen LogP contribution >= 0.6 is 0 Å². The second-order valence-electron chi connectivity index (χ2n) is 4.96. The quantitative estimate of drug-likeness (QED) is 0.620. The molecule has 1 aliphatic heterocycles. The van der Waals surface area contributed by atoms with Crippen molar-refractivity contribution in [2.45, 2.75) is 34.1 Å². The standard InChI is InChI=1S/C11H15N.C2H6/c1-11(2)6-12-10-5-8-3-7(8)4-9(10)11;1-2/h4-5,7-8,12H,3,6H2,1-2H3;1-2H3. The molecular weight excluding hydrogens is 170 g/mol. The second kappa shape index (κ2) is 3.15. The molecule has 1 N–H and O–H groups in total. The monoisotopic (exact) mass is 191 g/mol. The summed E-state index contributed by atoms with van der Waals surface area (Å²) in [5.74, 6) is 1.77. The Kier molecular flexibility index (Phi) is 2.21. The van der Waals surface area contributed by atoms with Crippen molar-refractivity contribution in [2.75, 3.05) is 6.54 Å². The largest absolute Gasteiger partial charge is 0.384 e. The molecule has 1 heteroatoms. The third-order valence-electron chi connectivity index (χ3n) is 3.39. The molecule has 1 nitrogen and oxygen atoms in total. The van der Waals surface area contributed by atoms with Crippen LogP contribution in [0, 0.1) is 17.3 Å². The Morgan fingerprint density at radius 1 is 1.21 bits per heavy atom. The molecule has 0 aromatic carbocycles. The Morgan fingerprint density at radius 3 is 2.57 bits per heavy atom. The fraction of sp³-hybridized carbons (Fsp3) is 0.692. The van der Waals surface area contributed by atoms with E-state index >= 15 is 0 Å². The third kappa shape index (κ3) is 1.39. The van der Waals surface area contributed by atoms with Gasteiger partial charge in [0.05, 0.1) is 0 Å². The van der Waals surface area contributed by atoms with Gasteiger partial charge in [0.2, 0.25) is 0 Å². The predicted octanol–water partition coefficient (Wildman–Crippen LogP) is 3.10. The number of rotatable bonds is 0. The molecule has 0 aromatic rings. The van der Waals surface area contributed by atoms with Gasteiger partial charge in [0.1, 0.15) is 0 Å². The molecule has 3 aliphatic rings. The Labute approximate surface area is 87.3 Å². The summed E-state index contributed by atoms with van der Waals surface area (Å²) in [6.45, 7) is 9.77. The van der Waals surface area contributed by atoms with Crippen LogP contribution in [0.25, 0.3) is 0 Å². The molecule has 1 saturated carbocycles. The SMILES string of the molecule is CC.CC1(C)CNC2=CC3CC3C=C21. The van der Waals surface area contributed by atoms with Crippen LogP contribution in [0.1, 0.15) is 34.1 Å². The number of fused-ring (bicyclic) bond motifs is 2. The van der Waals surface area contributed by atoms with E-state index in [1.165, 1.54) is 12.1 Å². The third-order valence-corrected chi connectivity index (χ3v) is 3.39. The molecule has 1 saturated heterocycles. The van der Waals surface area contributed by atoms with Crippen molar-refractivity contribution in [3.8, 4) is 0 Å². The summed E-state index contributed by atoms with van der Waals surface area (Å²) in [5, 5.41) is 3.50. The van der Waals surface area contributed by atoms with Gasteiger partial charge < -0.3 is 5.32 Å². The van der Waals surface area contributed by atoms with Crippen LogP contribution in [0.15, 0.2) is 23.4 Å². The molecule has 2 atom stereocenters. The average molecular weight is 191 g/mol. The molecule has 2 aliphatic carbocycles. The van der Waals surface area contributed by atoms with Crippen molar-refractivity contribution in [1.82, 2.24) is 5.32 Å². The average Bonchev–Trinajstić information content (AvgIpc) is 2.88. The van der Waals surface area contributed by atoms with E-state index in [0.717, 1.165) is 18.4 Å². The van der Waals surface area contributed by atoms with Gasteiger partial charge in [-0.05, 0) is 23.8 Å². The van der Waals surface area contributed by atoms with Gasteiger partial charge in [0.15, 0.2) is 0 Å². The molecule has 0 bridgehead atoms. The summed E-state index contributed by atoms with van der Waals surface area (Å²) in [5.41, 5.74) is 3.37. The summed E-state index contributed by atoms with van der Waals surface area (Å²) in [7, 11) is 0. The maximum atomic E-state index is 3.50. The summed E-state index contributed by atoms with van der Waals surface area (Å²) < 4.78 is 0. The van der Waals surface area contributed by atoms with Crippen LogP contribution in [0.2, 0.25) is 0 Å². The van der Waals surface area contributed by atoms with Crippen molar-refractivity contribution in [1.29, 1.82) is 0 Å². The highest BCUT2D eigenvalue weighted by Gasteiger charge is 2.43. The number of allylic oxidation sites excluding steroid dienone is 3. The van der Waals surface area contributed by atoms with Gasteiger partial charge in [-0.1, -0.05) is 39.8 Å². The fourth-order valence-electron chi connectivity index (χ4n) is 2.38. The summed E-state index contributed by atoms with van der Waals surface area (Å²) >= 11 is 0. The number of hydrogen-bond donors (Lipinski definition) is 1. The van der Waals surface area contributed by atoms with E-state index in [9.17, 15) is 0 Å². The lowest BCUT2D eigenvalue weighted by molar-refractivity contribution is 0.488. The van der Waals surface area contributed by atoms with Crippen molar-refractivity contribution >= 4 is 0 Å². The minimum Gasteiger partial charge on any atom is -0.384 e. The van der Waals surface area contributed by atoms with Crippen LogP contribution in [-0.2, 0) is 0 Å². The Hall–Kier alpha value is -0.720. The maximum absolute atomic E-state index is 3.50. The summed E-state index contributed by atoms with van der Waals surface area (Å²) in [6.07, 6.45) is 6.33. The van der Waals surface area contributed by atoms with E-state index in [0.29, 0.717) is 5.41 Å².